The van der Waals surface area contributed by atoms with Crippen molar-refractivity contribution in [3.8, 4) is 6.07 Å². The molecule has 3 nitrogen and oxygen atoms in total. The lowest BCUT2D eigenvalue weighted by atomic mass is 10.1. The van der Waals surface area contributed by atoms with Crippen LogP contribution in [0.15, 0.2) is 0 Å². The average molecular weight is 177 g/mol. The van der Waals surface area contributed by atoms with Gasteiger partial charge in [-0.1, -0.05) is 0 Å². The minimum atomic E-state index is -0.0516. The maximum absolute atomic E-state index is 8.87. The third-order valence-corrected chi connectivity index (χ3v) is 2.04. The van der Waals surface area contributed by atoms with E-state index in [1.165, 1.54) is 0 Å². The van der Waals surface area contributed by atoms with E-state index in [2.05, 4.69) is 31.9 Å². The predicted octanol–water partition coefficient (Wildman–Crippen LogP) is 2.13. The largest absolute Gasteiger partial charge is 0.263 e. The number of nitriles is 1. The van der Waals surface area contributed by atoms with Crippen LogP contribution in [-0.4, -0.2) is 9.78 Å². The summed E-state index contributed by atoms with van der Waals surface area (Å²) in [6.07, 6.45) is 0. The second-order valence-electron chi connectivity index (χ2n) is 4.24. The van der Waals surface area contributed by atoms with E-state index in [0.717, 1.165) is 11.4 Å². The predicted molar refractivity (Wildman–Crippen MR) is 51.4 cm³/mol. The number of aryl methyl sites for hydroxylation is 1. The summed E-state index contributed by atoms with van der Waals surface area (Å²) in [7, 11) is 0. The van der Waals surface area contributed by atoms with E-state index in [1.54, 1.807) is 0 Å². The molecule has 1 rings (SSSR count). The molecule has 0 unspecified atom stereocenters. The summed E-state index contributed by atoms with van der Waals surface area (Å²) in [4.78, 5) is 0. The van der Waals surface area contributed by atoms with Gasteiger partial charge >= 0.3 is 0 Å². The molecule has 0 aromatic carbocycles. The summed E-state index contributed by atoms with van der Waals surface area (Å²) in [5, 5.41) is 13.2. The fourth-order valence-corrected chi connectivity index (χ4v) is 1.46. The van der Waals surface area contributed by atoms with Gasteiger partial charge < -0.3 is 0 Å². The van der Waals surface area contributed by atoms with Crippen LogP contribution in [0.2, 0.25) is 0 Å². The maximum Gasteiger partial charge on any atom is 0.103 e. The first-order valence-electron chi connectivity index (χ1n) is 4.34. The van der Waals surface area contributed by atoms with Crippen LogP contribution in [0.4, 0.5) is 0 Å². The molecular weight excluding hydrogens is 162 g/mol. The Kier molecular flexibility index (Phi) is 2.17. The molecule has 0 radical (unpaired) electrons. The molecule has 0 saturated carbocycles. The molecule has 0 saturated heterocycles. The fraction of sp³-hybridized carbons (Fsp3) is 0.600. The van der Waals surface area contributed by atoms with Gasteiger partial charge in [-0.25, -0.2) is 0 Å². The van der Waals surface area contributed by atoms with Crippen LogP contribution in [0.3, 0.4) is 0 Å². The Hall–Kier alpha value is -1.30. The summed E-state index contributed by atoms with van der Waals surface area (Å²) in [6, 6.07) is 2.17. The van der Waals surface area contributed by atoms with Crippen molar-refractivity contribution in [3.05, 3.63) is 17.0 Å². The zero-order valence-corrected chi connectivity index (χ0v) is 8.84. The van der Waals surface area contributed by atoms with Crippen LogP contribution >= 0.6 is 0 Å². The van der Waals surface area contributed by atoms with Crippen molar-refractivity contribution in [2.45, 2.75) is 40.2 Å². The molecule has 70 valence electrons. The van der Waals surface area contributed by atoms with Gasteiger partial charge in [-0.15, -0.1) is 0 Å². The number of hydrogen-bond donors (Lipinski definition) is 0. The second-order valence-corrected chi connectivity index (χ2v) is 4.24. The first kappa shape index (κ1) is 9.79. The highest BCUT2D eigenvalue weighted by Gasteiger charge is 2.20. The van der Waals surface area contributed by atoms with E-state index < -0.39 is 0 Å². The molecule has 0 aliphatic carbocycles. The fourth-order valence-electron chi connectivity index (χ4n) is 1.46. The van der Waals surface area contributed by atoms with Crippen LogP contribution in [0.1, 0.15) is 37.7 Å². The zero-order valence-electron chi connectivity index (χ0n) is 8.84. The standard InChI is InChI=1S/C10H15N3/c1-7-9(6-11)8(2)13(12-7)10(3,4)5/h1-5H3. The van der Waals surface area contributed by atoms with Crippen molar-refractivity contribution in [1.82, 2.24) is 9.78 Å². The Morgan fingerprint density at radius 2 is 1.85 bits per heavy atom. The van der Waals surface area contributed by atoms with Gasteiger partial charge in [0.25, 0.3) is 0 Å². The minimum absolute atomic E-state index is 0.0516. The Labute approximate surface area is 79.0 Å². The van der Waals surface area contributed by atoms with E-state index in [4.69, 9.17) is 5.26 Å². The Morgan fingerprint density at radius 3 is 2.08 bits per heavy atom. The third kappa shape index (κ3) is 1.57. The first-order valence-corrected chi connectivity index (χ1v) is 4.34. The summed E-state index contributed by atoms with van der Waals surface area (Å²) >= 11 is 0. The third-order valence-electron chi connectivity index (χ3n) is 2.04. The van der Waals surface area contributed by atoms with Crippen molar-refractivity contribution >= 4 is 0 Å². The number of hydrogen-bond acceptors (Lipinski definition) is 2. The number of aromatic nitrogens is 2. The molecule has 0 aliphatic rings. The van der Waals surface area contributed by atoms with Crippen molar-refractivity contribution in [2.75, 3.05) is 0 Å². The molecule has 1 heterocycles. The summed E-state index contributed by atoms with van der Waals surface area (Å²) < 4.78 is 1.90. The van der Waals surface area contributed by atoms with Crippen LogP contribution < -0.4 is 0 Å². The molecule has 0 spiro atoms. The quantitative estimate of drug-likeness (QED) is 0.609. The van der Waals surface area contributed by atoms with E-state index in [1.807, 2.05) is 18.5 Å². The molecule has 0 N–H and O–H groups in total. The molecule has 3 heteroatoms. The molecule has 1 aromatic heterocycles. The first-order chi connectivity index (χ1) is 5.88. The topological polar surface area (TPSA) is 41.6 Å². The molecule has 0 bridgehead atoms. The highest BCUT2D eigenvalue weighted by atomic mass is 15.3. The van der Waals surface area contributed by atoms with E-state index >= 15 is 0 Å². The molecule has 0 atom stereocenters. The molecule has 0 aliphatic heterocycles. The summed E-state index contributed by atoms with van der Waals surface area (Å²) in [5.41, 5.74) is 2.42. The van der Waals surface area contributed by atoms with E-state index in [-0.39, 0.29) is 5.54 Å². The molecular formula is C10H15N3. The van der Waals surface area contributed by atoms with Crippen LogP contribution in [0.5, 0.6) is 0 Å². The van der Waals surface area contributed by atoms with Gasteiger partial charge in [0.15, 0.2) is 0 Å². The molecule has 13 heavy (non-hydrogen) atoms. The number of rotatable bonds is 0. The lowest BCUT2D eigenvalue weighted by molar-refractivity contribution is 0.346. The van der Waals surface area contributed by atoms with Crippen molar-refractivity contribution < 1.29 is 0 Å². The van der Waals surface area contributed by atoms with Crippen molar-refractivity contribution in [1.29, 1.82) is 5.26 Å². The van der Waals surface area contributed by atoms with E-state index in [0.29, 0.717) is 5.56 Å². The van der Waals surface area contributed by atoms with Gasteiger partial charge in [0.1, 0.15) is 6.07 Å². The zero-order chi connectivity index (χ0) is 10.2. The highest BCUT2D eigenvalue weighted by molar-refractivity contribution is 5.37. The normalized spacial score (nSPS) is 11.4. The molecule has 0 fully saturated rings. The van der Waals surface area contributed by atoms with Crippen molar-refractivity contribution in [2.24, 2.45) is 0 Å². The van der Waals surface area contributed by atoms with Gasteiger partial charge in [0.05, 0.1) is 22.5 Å². The molecule has 1 aromatic rings. The SMILES string of the molecule is Cc1nn(C(C)(C)C)c(C)c1C#N. The Bertz CT molecular complexity index is 361. The summed E-state index contributed by atoms with van der Waals surface area (Å²) in [6.45, 7) is 10.0. The lowest BCUT2D eigenvalue weighted by Gasteiger charge is -2.21. The minimum Gasteiger partial charge on any atom is -0.263 e. The van der Waals surface area contributed by atoms with Gasteiger partial charge in [-0.3, -0.25) is 4.68 Å². The monoisotopic (exact) mass is 177 g/mol. The van der Waals surface area contributed by atoms with Crippen LogP contribution in [0.25, 0.3) is 0 Å². The maximum atomic E-state index is 8.87. The van der Waals surface area contributed by atoms with Gasteiger partial charge in [0.2, 0.25) is 0 Å². The van der Waals surface area contributed by atoms with Gasteiger partial charge in [0, 0.05) is 0 Å². The Balaban J connectivity index is 3.37. The van der Waals surface area contributed by atoms with Crippen LogP contribution in [-0.2, 0) is 5.54 Å². The van der Waals surface area contributed by atoms with Gasteiger partial charge in [-0.2, -0.15) is 10.4 Å². The van der Waals surface area contributed by atoms with Gasteiger partial charge in [-0.05, 0) is 34.6 Å². The lowest BCUT2D eigenvalue weighted by Crippen LogP contribution is -2.24. The summed E-state index contributed by atoms with van der Waals surface area (Å²) in [5.74, 6) is 0. The van der Waals surface area contributed by atoms with Crippen LogP contribution in [0, 0.1) is 25.2 Å². The van der Waals surface area contributed by atoms with E-state index in [9.17, 15) is 0 Å². The van der Waals surface area contributed by atoms with Crippen molar-refractivity contribution in [3.63, 3.8) is 0 Å². The highest BCUT2D eigenvalue weighted by Crippen LogP contribution is 2.20. The average Bonchev–Trinajstić information content (AvgIpc) is 2.25. The smallest absolute Gasteiger partial charge is 0.103 e. The second kappa shape index (κ2) is 2.88. The number of nitrogens with zero attached hydrogens (tertiary/aromatic N) is 3. The molecule has 0 amide bonds. The Morgan fingerprint density at radius 1 is 1.31 bits per heavy atom.